The summed E-state index contributed by atoms with van der Waals surface area (Å²) >= 11 is 0. The normalized spacial score (nSPS) is 14.1. The summed E-state index contributed by atoms with van der Waals surface area (Å²) in [7, 11) is 0. The van der Waals surface area contributed by atoms with Crippen LogP contribution in [0.1, 0.15) is 0 Å². The van der Waals surface area contributed by atoms with Crippen LogP contribution in [0, 0.1) is 0 Å². The fourth-order valence-corrected chi connectivity index (χ4v) is 2.36. The molecule has 1 heterocycles. The number of anilines is 1. The maximum atomic E-state index is 12.2. The molecule has 1 aliphatic heterocycles. The Morgan fingerprint density at radius 2 is 1.62 bits per heavy atom. The zero-order chi connectivity index (χ0) is 16.8. The minimum atomic E-state index is -0.680. The van der Waals surface area contributed by atoms with Crippen molar-refractivity contribution in [3.63, 3.8) is 0 Å². The van der Waals surface area contributed by atoms with Crippen molar-refractivity contribution in [2.45, 2.75) is 0 Å². The second kappa shape index (κ2) is 7.61. The predicted octanol–water partition coefficient (Wildman–Crippen LogP) is 2.28. The zero-order valence-electron chi connectivity index (χ0n) is 13.1. The lowest BCUT2D eigenvalue weighted by atomic mass is 10.2. The van der Waals surface area contributed by atoms with Crippen LogP contribution in [0.5, 0.6) is 11.5 Å². The van der Waals surface area contributed by atoms with E-state index in [2.05, 4.69) is 5.32 Å². The molecule has 3 rings (SSSR count). The number of carbonyl (C=O) groups excluding carboxylic acids is 2. The highest BCUT2D eigenvalue weighted by molar-refractivity contribution is 6.39. The average Bonchev–Trinajstić information content (AvgIpc) is 2.64. The van der Waals surface area contributed by atoms with E-state index in [1.54, 1.807) is 24.3 Å². The Bertz CT molecular complexity index is 712. The lowest BCUT2D eigenvalue weighted by molar-refractivity contribution is -0.145. The second-order valence-corrected chi connectivity index (χ2v) is 5.27. The number of hydrogen-bond acceptors (Lipinski definition) is 4. The molecule has 2 aromatic rings. The van der Waals surface area contributed by atoms with E-state index in [4.69, 9.17) is 9.47 Å². The SMILES string of the molecule is O=C(Nc1ccccc1Oc1ccccc1)C(=O)N1CCOCC1. The number of morpholine rings is 1. The van der Waals surface area contributed by atoms with Gasteiger partial charge in [0.15, 0.2) is 5.75 Å². The van der Waals surface area contributed by atoms with E-state index >= 15 is 0 Å². The van der Waals surface area contributed by atoms with Gasteiger partial charge in [0.25, 0.3) is 0 Å². The van der Waals surface area contributed by atoms with Gasteiger partial charge >= 0.3 is 11.8 Å². The molecule has 24 heavy (non-hydrogen) atoms. The van der Waals surface area contributed by atoms with Crippen LogP contribution in [0.2, 0.25) is 0 Å². The summed E-state index contributed by atoms with van der Waals surface area (Å²) in [5.41, 5.74) is 0.452. The molecule has 0 unspecified atom stereocenters. The molecule has 124 valence electrons. The first-order chi connectivity index (χ1) is 11.7. The standard InChI is InChI=1S/C18H18N2O4/c21-17(18(22)20-10-12-23-13-11-20)19-15-8-4-5-9-16(15)24-14-6-2-1-3-7-14/h1-9H,10-13H2,(H,19,21). The summed E-state index contributed by atoms with van der Waals surface area (Å²) in [5.74, 6) is -0.112. The van der Waals surface area contributed by atoms with Gasteiger partial charge in [-0.1, -0.05) is 30.3 Å². The van der Waals surface area contributed by atoms with Gasteiger partial charge in [-0.15, -0.1) is 0 Å². The molecule has 2 amide bonds. The quantitative estimate of drug-likeness (QED) is 0.879. The van der Waals surface area contributed by atoms with E-state index < -0.39 is 11.8 Å². The lowest BCUT2D eigenvalue weighted by Gasteiger charge is -2.26. The fraction of sp³-hybridized carbons (Fsp3) is 0.222. The number of rotatable bonds is 3. The number of nitrogens with zero attached hydrogens (tertiary/aromatic N) is 1. The van der Waals surface area contributed by atoms with E-state index in [9.17, 15) is 9.59 Å². The van der Waals surface area contributed by atoms with Crippen LogP contribution in [0.15, 0.2) is 54.6 Å². The van der Waals surface area contributed by atoms with E-state index in [-0.39, 0.29) is 0 Å². The zero-order valence-corrected chi connectivity index (χ0v) is 13.1. The van der Waals surface area contributed by atoms with Crippen LogP contribution in [0.4, 0.5) is 5.69 Å². The van der Waals surface area contributed by atoms with Gasteiger partial charge in [0.2, 0.25) is 0 Å². The maximum absolute atomic E-state index is 12.2. The molecule has 0 radical (unpaired) electrons. The average molecular weight is 326 g/mol. The van der Waals surface area contributed by atoms with Gasteiger partial charge in [-0.05, 0) is 24.3 Å². The van der Waals surface area contributed by atoms with Crippen LogP contribution in [0.25, 0.3) is 0 Å². The summed E-state index contributed by atoms with van der Waals surface area (Å²) in [4.78, 5) is 25.9. The Morgan fingerprint density at radius 1 is 0.958 bits per heavy atom. The molecule has 1 N–H and O–H groups in total. The van der Waals surface area contributed by atoms with Crippen molar-refractivity contribution in [3.8, 4) is 11.5 Å². The molecule has 0 bridgehead atoms. The third-order valence-corrected chi connectivity index (χ3v) is 3.60. The Balaban J connectivity index is 1.70. The molecule has 6 nitrogen and oxygen atoms in total. The number of amides is 2. The smallest absolute Gasteiger partial charge is 0.314 e. The summed E-state index contributed by atoms with van der Waals surface area (Å²) in [6.45, 7) is 1.75. The predicted molar refractivity (Wildman–Crippen MR) is 89.0 cm³/mol. The molecule has 0 spiro atoms. The van der Waals surface area contributed by atoms with Crippen molar-refractivity contribution in [2.24, 2.45) is 0 Å². The largest absolute Gasteiger partial charge is 0.455 e. The highest BCUT2D eigenvalue weighted by Crippen LogP contribution is 2.29. The highest BCUT2D eigenvalue weighted by Gasteiger charge is 2.24. The number of carbonyl (C=O) groups is 2. The first-order valence-corrected chi connectivity index (χ1v) is 7.74. The number of ether oxygens (including phenoxy) is 2. The minimum Gasteiger partial charge on any atom is -0.455 e. The summed E-state index contributed by atoms with van der Waals surface area (Å²) < 4.78 is 11.0. The van der Waals surface area contributed by atoms with E-state index in [0.29, 0.717) is 43.5 Å². The topological polar surface area (TPSA) is 67.9 Å². The molecule has 1 fully saturated rings. The van der Waals surface area contributed by atoms with Crippen LogP contribution in [-0.2, 0) is 14.3 Å². The number of hydrogen-bond donors (Lipinski definition) is 1. The van der Waals surface area contributed by atoms with Gasteiger partial charge in [-0.2, -0.15) is 0 Å². The van der Waals surface area contributed by atoms with Crippen LogP contribution in [0.3, 0.4) is 0 Å². The molecular weight excluding hydrogens is 308 g/mol. The van der Waals surface area contributed by atoms with Crippen molar-refractivity contribution in [1.82, 2.24) is 4.90 Å². The lowest BCUT2D eigenvalue weighted by Crippen LogP contribution is -2.45. The first-order valence-electron chi connectivity index (χ1n) is 7.74. The molecule has 0 saturated carbocycles. The Morgan fingerprint density at radius 3 is 2.38 bits per heavy atom. The van der Waals surface area contributed by atoms with Crippen LogP contribution < -0.4 is 10.1 Å². The van der Waals surface area contributed by atoms with Crippen molar-refractivity contribution < 1.29 is 19.1 Å². The summed E-state index contributed by atoms with van der Waals surface area (Å²) in [6, 6.07) is 16.3. The van der Waals surface area contributed by atoms with Crippen molar-refractivity contribution in [1.29, 1.82) is 0 Å². The van der Waals surface area contributed by atoms with Gasteiger partial charge < -0.3 is 19.7 Å². The monoisotopic (exact) mass is 326 g/mol. The molecule has 0 atom stereocenters. The van der Waals surface area contributed by atoms with Crippen LogP contribution in [-0.4, -0.2) is 43.0 Å². The van der Waals surface area contributed by atoms with Crippen LogP contribution >= 0.6 is 0 Å². The summed E-state index contributed by atoms with van der Waals surface area (Å²) in [6.07, 6.45) is 0. The number of nitrogens with one attached hydrogen (secondary N) is 1. The number of para-hydroxylation sites is 3. The molecule has 1 saturated heterocycles. The highest BCUT2D eigenvalue weighted by atomic mass is 16.5. The van der Waals surface area contributed by atoms with E-state index in [1.807, 2.05) is 30.3 Å². The number of benzene rings is 2. The van der Waals surface area contributed by atoms with Gasteiger partial charge in [0.05, 0.1) is 18.9 Å². The van der Waals surface area contributed by atoms with Crippen molar-refractivity contribution in [2.75, 3.05) is 31.6 Å². The fourth-order valence-electron chi connectivity index (χ4n) is 2.36. The first kappa shape index (κ1) is 16.0. The second-order valence-electron chi connectivity index (χ2n) is 5.27. The molecule has 0 aliphatic carbocycles. The molecular formula is C18H18N2O4. The molecule has 0 aromatic heterocycles. The van der Waals surface area contributed by atoms with Gasteiger partial charge in [-0.25, -0.2) is 0 Å². The van der Waals surface area contributed by atoms with Gasteiger partial charge in [-0.3, -0.25) is 9.59 Å². The van der Waals surface area contributed by atoms with Crippen molar-refractivity contribution >= 4 is 17.5 Å². The van der Waals surface area contributed by atoms with E-state index in [1.165, 1.54) is 4.90 Å². The minimum absolute atomic E-state index is 0.425. The Kier molecular flexibility index (Phi) is 5.08. The van der Waals surface area contributed by atoms with E-state index in [0.717, 1.165) is 0 Å². The summed E-state index contributed by atoms with van der Waals surface area (Å²) in [5, 5.41) is 2.63. The van der Waals surface area contributed by atoms with Gasteiger partial charge in [0, 0.05) is 13.1 Å². The maximum Gasteiger partial charge on any atom is 0.314 e. The Labute approximate surface area is 140 Å². The Hall–Kier alpha value is -2.86. The molecule has 1 aliphatic rings. The van der Waals surface area contributed by atoms with Crippen molar-refractivity contribution in [3.05, 3.63) is 54.6 Å². The van der Waals surface area contributed by atoms with Gasteiger partial charge in [0.1, 0.15) is 5.75 Å². The molecule has 2 aromatic carbocycles. The molecule has 6 heteroatoms. The third kappa shape index (κ3) is 3.91. The third-order valence-electron chi connectivity index (χ3n) is 3.60.